The number of benzene rings is 1. The van der Waals surface area contributed by atoms with Crippen LogP contribution >= 0.6 is 0 Å². The molecule has 0 atom stereocenters. The predicted octanol–water partition coefficient (Wildman–Crippen LogP) is 1.18. The lowest BCUT2D eigenvalue weighted by Gasteiger charge is -2.18. The molecule has 18 heavy (non-hydrogen) atoms. The van der Waals surface area contributed by atoms with Crippen molar-refractivity contribution in [2.75, 3.05) is 40.5 Å². The number of hydrogen-bond acceptors (Lipinski definition) is 5. The molecule has 2 rings (SSSR count). The van der Waals surface area contributed by atoms with Gasteiger partial charge >= 0.3 is 5.97 Å². The van der Waals surface area contributed by atoms with Gasteiger partial charge in [0.25, 0.3) is 0 Å². The minimum atomic E-state index is -0.339. The number of carbonyl (C=O) groups excluding carboxylic acids is 1. The molecular formula is C13H17NO4. The minimum Gasteiger partial charge on any atom is -0.486 e. The maximum Gasteiger partial charge on any atom is 0.338 e. The van der Waals surface area contributed by atoms with E-state index in [0.717, 1.165) is 0 Å². The summed E-state index contributed by atoms with van der Waals surface area (Å²) in [6.45, 7) is 2.13. The number of nitrogens with zero attached hydrogens (tertiary/aromatic N) is 1. The molecule has 0 N–H and O–H groups in total. The molecule has 0 amide bonds. The Hall–Kier alpha value is -1.75. The van der Waals surface area contributed by atoms with Gasteiger partial charge in [0, 0.05) is 6.54 Å². The first-order chi connectivity index (χ1) is 8.66. The summed E-state index contributed by atoms with van der Waals surface area (Å²) in [5.41, 5.74) is 0.484. The highest BCUT2D eigenvalue weighted by Crippen LogP contribution is 2.30. The van der Waals surface area contributed by atoms with Crippen LogP contribution < -0.4 is 9.47 Å². The van der Waals surface area contributed by atoms with Crippen LogP contribution in [0.4, 0.5) is 0 Å². The van der Waals surface area contributed by atoms with Crippen LogP contribution in [0.15, 0.2) is 18.2 Å². The second kappa shape index (κ2) is 5.73. The zero-order valence-electron chi connectivity index (χ0n) is 10.6. The molecule has 0 fully saturated rings. The fourth-order valence-corrected chi connectivity index (χ4v) is 1.57. The average molecular weight is 251 g/mol. The SMILES string of the molecule is CN(C)CCOC(=O)c1ccc2c(c1)OCCO2. The molecule has 0 saturated heterocycles. The van der Waals surface area contributed by atoms with Crippen molar-refractivity contribution < 1.29 is 19.0 Å². The first-order valence-electron chi connectivity index (χ1n) is 5.88. The van der Waals surface area contributed by atoms with Crippen LogP contribution in [0.1, 0.15) is 10.4 Å². The molecule has 0 bridgehead atoms. The predicted molar refractivity (Wildman–Crippen MR) is 66.3 cm³/mol. The summed E-state index contributed by atoms with van der Waals surface area (Å²) in [5, 5.41) is 0. The first kappa shape index (κ1) is 12.7. The molecule has 1 heterocycles. The monoisotopic (exact) mass is 251 g/mol. The maximum absolute atomic E-state index is 11.8. The second-order valence-electron chi connectivity index (χ2n) is 4.30. The molecule has 5 heteroatoms. The van der Waals surface area contributed by atoms with Crippen molar-refractivity contribution in [3.63, 3.8) is 0 Å². The van der Waals surface area contributed by atoms with Crippen LogP contribution in [0, 0.1) is 0 Å². The van der Waals surface area contributed by atoms with Crippen molar-refractivity contribution in [1.82, 2.24) is 4.90 Å². The Morgan fingerprint density at radius 2 is 2.00 bits per heavy atom. The van der Waals surface area contributed by atoms with Gasteiger partial charge in [0.2, 0.25) is 0 Å². The molecule has 0 radical (unpaired) electrons. The highest BCUT2D eigenvalue weighted by molar-refractivity contribution is 5.90. The first-order valence-corrected chi connectivity index (χ1v) is 5.88. The van der Waals surface area contributed by atoms with Crippen molar-refractivity contribution >= 4 is 5.97 Å². The van der Waals surface area contributed by atoms with E-state index in [1.165, 1.54) is 0 Å². The average Bonchev–Trinajstić information content (AvgIpc) is 2.37. The van der Waals surface area contributed by atoms with Crippen LogP contribution in [0.3, 0.4) is 0 Å². The summed E-state index contributed by atoms with van der Waals surface area (Å²) >= 11 is 0. The molecule has 5 nitrogen and oxygen atoms in total. The van der Waals surface area contributed by atoms with E-state index in [1.807, 2.05) is 19.0 Å². The van der Waals surface area contributed by atoms with Gasteiger partial charge in [0.1, 0.15) is 19.8 Å². The Morgan fingerprint density at radius 3 is 2.72 bits per heavy atom. The quantitative estimate of drug-likeness (QED) is 0.752. The molecule has 0 aromatic heterocycles. The Bertz CT molecular complexity index is 431. The number of fused-ring (bicyclic) bond motifs is 1. The third-order valence-corrected chi connectivity index (χ3v) is 2.55. The number of rotatable bonds is 4. The van der Waals surface area contributed by atoms with Gasteiger partial charge in [-0.1, -0.05) is 0 Å². The standard InChI is InChI=1S/C13H17NO4/c1-14(2)5-6-18-13(15)10-3-4-11-12(9-10)17-8-7-16-11/h3-4,9H,5-8H2,1-2H3. The summed E-state index contributed by atoms with van der Waals surface area (Å²) in [6, 6.07) is 5.08. The molecule has 0 saturated carbocycles. The lowest BCUT2D eigenvalue weighted by atomic mass is 10.2. The van der Waals surface area contributed by atoms with Crippen LogP contribution in [0.25, 0.3) is 0 Å². The summed E-state index contributed by atoms with van der Waals surface area (Å²) in [7, 11) is 3.86. The van der Waals surface area contributed by atoms with Crippen LogP contribution in [-0.2, 0) is 4.74 Å². The Kier molecular flexibility index (Phi) is 4.04. The maximum atomic E-state index is 11.8. The molecule has 0 spiro atoms. The summed E-state index contributed by atoms with van der Waals surface area (Å²) in [6.07, 6.45) is 0. The van der Waals surface area contributed by atoms with Crippen LogP contribution in [0.2, 0.25) is 0 Å². The van der Waals surface area contributed by atoms with E-state index >= 15 is 0 Å². The Labute approximate surface area is 106 Å². The molecule has 98 valence electrons. The van der Waals surface area contributed by atoms with E-state index in [-0.39, 0.29) is 5.97 Å². The van der Waals surface area contributed by atoms with Crippen molar-refractivity contribution in [2.24, 2.45) is 0 Å². The molecular weight excluding hydrogens is 234 g/mol. The number of likely N-dealkylation sites (N-methyl/N-ethyl adjacent to an activating group) is 1. The topological polar surface area (TPSA) is 48.0 Å². The fourth-order valence-electron chi connectivity index (χ4n) is 1.57. The molecule has 1 aliphatic rings. The zero-order valence-corrected chi connectivity index (χ0v) is 10.6. The van der Waals surface area contributed by atoms with Gasteiger partial charge < -0.3 is 19.1 Å². The van der Waals surface area contributed by atoms with E-state index < -0.39 is 0 Å². The molecule has 1 aromatic carbocycles. The molecule has 1 aromatic rings. The number of esters is 1. The number of ether oxygens (including phenoxy) is 3. The van der Waals surface area contributed by atoms with Crippen molar-refractivity contribution in [3.8, 4) is 11.5 Å². The van der Waals surface area contributed by atoms with E-state index in [1.54, 1.807) is 18.2 Å². The van der Waals surface area contributed by atoms with E-state index in [0.29, 0.717) is 43.4 Å². The highest BCUT2D eigenvalue weighted by atomic mass is 16.6. The second-order valence-corrected chi connectivity index (χ2v) is 4.30. The zero-order chi connectivity index (χ0) is 13.0. The number of carbonyl (C=O) groups is 1. The molecule has 0 aliphatic carbocycles. The van der Waals surface area contributed by atoms with Gasteiger partial charge in [-0.2, -0.15) is 0 Å². The largest absolute Gasteiger partial charge is 0.486 e. The van der Waals surface area contributed by atoms with Gasteiger partial charge in [-0.05, 0) is 32.3 Å². The number of hydrogen-bond donors (Lipinski definition) is 0. The van der Waals surface area contributed by atoms with E-state index in [9.17, 15) is 4.79 Å². The van der Waals surface area contributed by atoms with Gasteiger partial charge in [-0.3, -0.25) is 0 Å². The third-order valence-electron chi connectivity index (χ3n) is 2.55. The summed E-state index contributed by atoms with van der Waals surface area (Å²) in [5.74, 6) is 0.934. The highest BCUT2D eigenvalue weighted by Gasteiger charge is 2.15. The lowest BCUT2D eigenvalue weighted by molar-refractivity contribution is 0.0481. The smallest absolute Gasteiger partial charge is 0.338 e. The summed E-state index contributed by atoms with van der Waals surface area (Å²) in [4.78, 5) is 13.7. The normalized spacial score (nSPS) is 13.5. The van der Waals surface area contributed by atoms with Crippen molar-refractivity contribution in [2.45, 2.75) is 0 Å². The Morgan fingerprint density at radius 1 is 1.28 bits per heavy atom. The molecule has 0 unspecified atom stereocenters. The van der Waals surface area contributed by atoms with Crippen molar-refractivity contribution in [1.29, 1.82) is 0 Å². The van der Waals surface area contributed by atoms with E-state index in [4.69, 9.17) is 14.2 Å². The van der Waals surface area contributed by atoms with Gasteiger partial charge in [-0.15, -0.1) is 0 Å². The minimum absolute atomic E-state index is 0.339. The third kappa shape index (κ3) is 3.13. The van der Waals surface area contributed by atoms with Gasteiger partial charge in [-0.25, -0.2) is 4.79 Å². The van der Waals surface area contributed by atoms with Crippen LogP contribution in [-0.4, -0.2) is 51.3 Å². The summed E-state index contributed by atoms with van der Waals surface area (Å²) < 4.78 is 16.0. The fraction of sp³-hybridized carbons (Fsp3) is 0.462. The van der Waals surface area contributed by atoms with Gasteiger partial charge in [0.05, 0.1) is 5.56 Å². The lowest BCUT2D eigenvalue weighted by Crippen LogP contribution is -2.20. The molecule has 1 aliphatic heterocycles. The van der Waals surface area contributed by atoms with E-state index in [2.05, 4.69) is 0 Å². The Balaban J connectivity index is 1.98. The van der Waals surface area contributed by atoms with Crippen LogP contribution in [0.5, 0.6) is 11.5 Å². The van der Waals surface area contributed by atoms with Crippen molar-refractivity contribution in [3.05, 3.63) is 23.8 Å². The van der Waals surface area contributed by atoms with Gasteiger partial charge in [0.15, 0.2) is 11.5 Å².